The molecule has 1 aliphatic rings. The predicted octanol–water partition coefficient (Wildman–Crippen LogP) is 4.41. The highest BCUT2D eigenvalue weighted by Crippen LogP contribution is 2.28. The summed E-state index contributed by atoms with van der Waals surface area (Å²) in [4.78, 5) is 29.5. The zero-order chi connectivity index (χ0) is 23.6. The number of ether oxygens (including phenoxy) is 1. The molecule has 0 bridgehead atoms. The van der Waals surface area contributed by atoms with E-state index in [4.69, 9.17) is 4.74 Å². The van der Waals surface area contributed by atoms with Crippen molar-refractivity contribution < 1.29 is 14.3 Å². The van der Waals surface area contributed by atoms with Crippen molar-refractivity contribution in [1.29, 1.82) is 0 Å². The Morgan fingerprint density at radius 1 is 1.00 bits per heavy atom. The number of nitrogens with one attached hydrogen (secondary N) is 1. The molecule has 6 nitrogen and oxygen atoms in total. The highest BCUT2D eigenvalue weighted by molar-refractivity contribution is 5.94. The molecule has 1 N–H and O–H groups in total. The summed E-state index contributed by atoms with van der Waals surface area (Å²) in [6.45, 7) is 10.9. The molecule has 33 heavy (non-hydrogen) atoms. The highest BCUT2D eigenvalue weighted by Gasteiger charge is 2.21. The molecule has 0 saturated carbocycles. The van der Waals surface area contributed by atoms with Crippen LogP contribution in [0.25, 0.3) is 0 Å². The van der Waals surface area contributed by atoms with Crippen LogP contribution in [0.1, 0.15) is 67.6 Å². The number of hydrogen-bond donors (Lipinski definition) is 1. The Kier molecular flexibility index (Phi) is 9.31. The summed E-state index contributed by atoms with van der Waals surface area (Å²) in [6, 6.07) is 15.3. The summed E-state index contributed by atoms with van der Waals surface area (Å²) in [5.41, 5.74) is 2.73. The second kappa shape index (κ2) is 12.4. The van der Waals surface area contributed by atoms with Crippen molar-refractivity contribution in [3.8, 4) is 5.75 Å². The number of amides is 2. The largest absolute Gasteiger partial charge is 0.483 e. The quantitative estimate of drug-likeness (QED) is 0.550. The van der Waals surface area contributed by atoms with E-state index in [1.807, 2.05) is 60.4 Å². The van der Waals surface area contributed by atoms with E-state index in [1.165, 1.54) is 5.56 Å². The topological polar surface area (TPSA) is 61.9 Å². The molecule has 1 heterocycles. The molecule has 2 aromatic carbocycles. The Bertz CT molecular complexity index is 903. The fourth-order valence-electron chi connectivity index (χ4n) is 4.21. The summed E-state index contributed by atoms with van der Waals surface area (Å²) >= 11 is 0. The van der Waals surface area contributed by atoms with Gasteiger partial charge in [-0.2, -0.15) is 0 Å². The maximum Gasteiger partial charge on any atom is 0.260 e. The van der Waals surface area contributed by atoms with Gasteiger partial charge in [0.15, 0.2) is 6.61 Å². The SMILES string of the molecule is CCC(NC(=O)c1ccc(CN(CC)CC)cc1)c1ccccc1OCC(=O)N1CCCC1. The molecule has 0 spiro atoms. The molecular formula is C27H37N3O3. The molecule has 1 aliphatic heterocycles. The average Bonchev–Trinajstić information content (AvgIpc) is 3.40. The van der Waals surface area contributed by atoms with Gasteiger partial charge in [0, 0.05) is 30.8 Å². The molecule has 0 aromatic heterocycles. The zero-order valence-corrected chi connectivity index (χ0v) is 20.2. The van der Waals surface area contributed by atoms with Crippen LogP contribution in [0.2, 0.25) is 0 Å². The van der Waals surface area contributed by atoms with E-state index in [9.17, 15) is 9.59 Å². The maximum atomic E-state index is 13.0. The first kappa shape index (κ1) is 24.8. The van der Waals surface area contributed by atoms with Crippen LogP contribution < -0.4 is 10.1 Å². The van der Waals surface area contributed by atoms with Gasteiger partial charge in [-0.3, -0.25) is 14.5 Å². The minimum absolute atomic E-state index is 0.0178. The molecule has 178 valence electrons. The van der Waals surface area contributed by atoms with Gasteiger partial charge in [-0.15, -0.1) is 0 Å². The molecule has 2 aromatic rings. The molecule has 1 atom stereocenters. The minimum atomic E-state index is -0.203. The molecule has 0 radical (unpaired) electrons. The van der Waals surface area contributed by atoms with E-state index >= 15 is 0 Å². The summed E-state index contributed by atoms with van der Waals surface area (Å²) in [7, 11) is 0. The summed E-state index contributed by atoms with van der Waals surface area (Å²) in [5, 5.41) is 3.14. The van der Waals surface area contributed by atoms with Gasteiger partial charge < -0.3 is 15.0 Å². The third-order valence-corrected chi connectivity index (χ3v) is 6.33. The number of benzene rings is 2. The van der Waals surface area contributed by atoms with E-state index in [1.54, 1.807) is 0 Å². The van der Waals surface area contributed by atoms with Crippen LogP contribution in [0.5, 0.6) is 5.75 Å². The van der Waals surface area contributed by atoms with E-state index in [0.717, 1.165) is 51.1 Å². The lowest BCUT2D eigenvalue weighted by molar-refractivity contribution is -0.132. The van der Waals surface area contributed by atoms with Gasteiger partial charge in [0.2, 0.25) is 0 Å². The molecule has 3 rings (SSSR count). The number of likely N-dealkylation sites (tertiary alicyclic amines) is 1. The van der Waals surface area contributed by atoms with Gasteiger partial charge in [-0.25, -0.2) is 0 Å². The fraction of sp³-hybridized carbons (Fsp3) is 0.481. The fourth-order valence-corrected chi connectivity index (χ4v) is 4.21. The van der Waals surface area contributed by atoms with Gasteiger partial charge in [-0.05, 0) is 56.1 Å². The third-order valence-electron chi connectivity index (χ3n) is 6.33. The number of rotatable bonds is 11. The monoisotopic (exact) mass is 451 g/mol. The van der Waals surface area contributed by atoms with Crippen LogP contribution in [0.15, 0.2) is 48.5 Å². The first-order valence-corrected chi connectivity index (χ1v) is 12.2. The maximum absolute atomic E-state index is 13.0. The molecule has 1 saturated heterocycles. The van der Waals surface area contributed by atoms with E-state index in [2.05, 4.69) is 24.1 Å². The lowest BCUT2D eigenvalue weighted by Crippen LogP contribution is -2.32. The number of hydrogen-bond acceptors (Lipinski definition) is 4. The van der Waals surface area contributed by atoms with Gasteiger partial charge >= 0.3 is 0 Å². The van der Waals surface area contributed by atoms with Crippen molar-refractivity contribution in [3.63, 3.8) is 0 Å². The van der Waals surface area contributed by atoms with Gasteiger partial charge in [0.05, 0.1) is 6.04 Å². The Morgan fingerprint density at radius 2 is 1.67 bits per heavy atom. The lowest BCUT2D eigenvalue weighted by Gasteiger charge is -2.22. The second-order valence-corrected chi connectivity index (χ2v) is 8.51. The summed E-state index contributed by atoms with van der Waals surface area (Å²) in [5.74, 6) is 0.551. The van der Waals surface area contributed by atoms with Crippen molar-refractivity contribution in [2.24, 2.45) is 0 Å². The van der Waals surface area contributed by atoms with Crippen molar-refractivity contribution >= 4 is 11.8 Å². The molecule has 6 heteroatoms. The summed E-state index contributed by atoms with van der Waals surface area (Å²) in [6.07, 6.45) is 2.83. The van der Waals surface area contributed by atoms with E-state index in [0.29, 0.717) is 17.7 Å². The third kappa shape index (κ3) is 6.81. The molecule has 1 unspecified atom stereocenters. The minimum Gasteiger partial charge on any atom is -0.483 e. The van der Waals surface area contributed by atoms with Crippen molar-refractivity contribution in [1.82, 2.24) is 15.1 Å². The van der Waals surface area contributed by atoms with Crippen LogP contribution in [0.3, 0.4) is 0 Å². The highest BCUT2D eigenvalue weighted by atomic mass is 16.5. The van der Waals surface area contributed by atoms with Crippen LogP contribution in [-0.4, -0.2) is 54.4 Å². The zero-order valence-electron chi connectivity index (χ0n) is 20.2. The smallest absolute Gasteiger partial charge is 0.260 e. The normalized spacial score (nSPS) is 14.4. The number of nitrogens with zero attached hydrogens (tertiary/aromatic N) is 2. The predicted molar refractivity (Wildman–Crippen MR) is 131 cm³/mol. The number of carbonyl (C=O) groups is 2. The van der Waals surface area contributed by atoms with Gasteiger partial charge in [0.25, 0.3) is 11.8 Å². The van der Waals surface area contributed by atoms with Crippen LogP contribution >= 0.6 is 0 Å². The lowest BCUT2D eigenvalue weighted by atomic mass is 10.0. The van der Waals surface area contributed by atoms with Crippen molar-refractivity contribution in [2.45, 2.75) is 52.6 Å². The second-order valence-electron chi connectivity index (χ2n) is 8.51. The standard InChI is InChI=1S/C27H37N3O3/c1-4-24(28-27(32)22-15-13-21(14-16-22)19-29(5-2)6-3)23-11-7-8-12-25(23)33-20-26(31)30-17-9-10-18-30/h7-8,11-16,24H,4-6,9-10,17-20H2,1-3H3,(H,28,32). The Balaban J connectivity index is 1.64. The Hall–Kier alpha value is -2.86. The van der Waals surface area contributed by atoms with E-state index in [-0.39, 0.29) is 24.5 Å². The van der Waals surface area contributed by atoms with Crippen LogP contribution in [0, 0.1) is 0 Å². The van der Waals surface area contributed by atoms with Crippen LogP contribution in [0.4, 0.5) is 0 Å². The van der Waals surface area contributed by atoms with Gasteiger partial charge in [-0.1, -0.05) is 51.1 Å². The summed E-state index contributed by atoms with van der Waals surface area (Å²) < 4.78 is 5.91. The Morgan fingerprint density at radius 3 is 2.30 bits per heavy atom. The van der Waals surface area contributed by atoms with Crippen molar-refractivity contribution in [2.75, 3.05) is 32.8 Å². The molecule has 2 amide bonds. The molecule has 0 aliphatic carbocycles. The first-order valence-electron chi connectivity index (χ1n) is 12.2. The number of carbonyl (C=O) groups excluding carboxylic acids is 2. The Labute approximate surface area is 197 Å². The molecular weight excluding hydrogens is 414 g/mol. The number of para-hydroxylation sites is 1. The first-order chi connectivity index (χ1) is 16.0. The van der Waals surface area contributed by atoms with E-state index < -0.39 is 0 Å². The van der Waals surface area contributed by atoms with Crippen LogP contribution in [-0.2, 0) is 11.3 Å². The van der Waals surface area contributed by atoms with Crippen molar-refractivity contribution in [3.05, 3.63) is 65.2 Å². The van der Waals surface area contributed by atoms with Gasteiger partial charge in [0.1, 0.15) is 5.75 Å². The average molecular weight is 452 g/mol. The molecule has 1 fully saturated rings.